The van der Waals surface area contributed by atoms with Gasteiger partial charge in [-0.15, -0.1) is 0 Å². The second-order valence-corrected chi connectivity index (χ2v) is 4.56. The molecule has 0 amide bonds. The Morgan fingerprint density at radius 1 is 1.38 bits per heavy atom. The van der Waals surface area contributed by atoms with Crippen LogP contribution in [0.5, 0.6) is 0 Å². The Labute approximate surface area is 103 Å². The summed E-state index contributed by atoms with van der Waals surface area (Å²) < 4.78 is 5.06. The monoisotopic (exact) mass is 241 g/mol. The van der Waals surface area contributed by atoms with Gasteiger partial charge in [-0.1, -0.05) is 23.7 Å². The molecule has 0 aliphatic carbocycles. The minimum atomic E-state index is 0.311. The third kappa shape index (κ3) is 4.52. The number of rotatable bonds is 6. The molecule has 1 unspecified atom stereocenters. The van der Waals surface area contributed by atoms with Crippen LogP contribution in [0, 0.1) is 0 Å². The van der Waals surface area contributed by atoms with Crippen LogP contribution in [0.3, 0.4) is 0 Å². The van der Waals surface area contributed by atoms with E-state index in [4.69, 9.17) is 16.3 Å². The molecule has 1 rings (SSSR count). The molecule has 16 heavy (non-hydrogen) atoms. The molecule has 2 atom stereocenters. The normalized spacial score (nSPS) is 14.8. The van der Waals surface area contributed by atoms with E-state index in [9.17, 15) is 0 Å². The number of methoxy groups -OCH3 is 1. The maximum Gasteiger partial charge on any atom is 0.0476 e. The highest BCUT2D eigenvalue weighted by atomic mass is 35.5. The van der Waals surface area contributed by atoms with Crippen LogP contribution < -0.4 is 5.32 Å². The van der Waals surface area contributed by atoms with Crippen LogP contribution in [-0.4, -0.2) is 19.8 Å². The molecule has 0 aliphatic rings. The van der Waals surface area contributed by atoms with E-state index in [-0.39, 0.29) is 0 Å². The van der Waals surface area contributed by atoms with Gasteiger partial charge in [-0.2, -0.15) is 0 Å². The molecule has 1 N–H and O–H groups in total. The lowest BCUT2D eigenvalue weighted by Crippen LogP contribution is -2.29. The minimum absolute atomic E-state index is 0.311. The summed E-state index contributed by atoms with van der Waals surface area (Å²) in [6.45, 7) is 5.10. The summed E-state index contributed by atoms with van der Waals surface area (Å²) in [5, 5.41) is 4.31. The van der Waals surface area contributed by atoms with Gasteiger partial charge in [-0.05, 0) is 38.0 Å². The highest BCUT2D eigenvalue weighted by molar-refractivity contribution is 6.30. The van der Waals surface area contributed by atoms with E-state index >= 15 is 0 Å². The molecule has 0 aromatic heterocycles. The molecule has 0 saturated carbocycles. The van der Waals surface area contributed by atoms with Crippen molar-refractivity contribution >= 4 is 11.6 Å². The average molecular weight is 242 g/mol. The molecular weight excluding hydrogens is 222 g/mol. The lowest BCUT2D eigenvalue weighted by Gasteiger charge is -2.20. The van der Waals surface area contributed by atoms with Gasteiger partial charge in [-0.3, -0.25) is 0 Å². The van der Waals surface area contributed by atoms with Gasteiger partial charge in [0.15, 0.2) is 0 Å². The molecule has 0 saturated heterocycles. The van der Waals surface area contributed by atoms with E-state index in [1.807, 2.05) is 18.2 Å². The van der Waals surface area contributed by atoms with E-state index < -0.39 is 0 Å². The fourth-order valence-electron chi connectivity index (χ4n) is 1.68. The average Bonchev–Trinajstić information content (AvgIpc) is 2.26. The van der Waals surface area contributed by atoms with Crippen LogP contribution in [-0.2, 0) is 4.74 Å². The second-order valence-electron chi connectivity index (χ2n) is 4.13. The van der Waals surface area contributed by atoms with Crippen molar-refractivity contribution in [3.63, 3.8) is 0 Å². The summed E-state index contributed by atoms with van der Waals surface area (Å²) in [6, 6.07) is 8.72. The molecule has 0 bridgehead atoms. The Morgan fingerprint density at radius 2 is 2.12 bits per heavy atom. The third-order valence-electron chi connectivity index (χ3n) is 2.64. The Hall–Kier alpha value is -0.570. The second kappa shape index (κ2) is 6.89. The number of benzene rings is 1. The Kier molecular flexibility index (Phi) is 5.81. The van der Waals surface area contributed by atoms with Gasteiger partial charge < -0.3 is 10.1 Å². The maximum absolute atomic E-state index is 5.96. The molecule has 0 radical (unpaired) electrons. The van der Waals surface area contributed by atoms with Crippen molar-refractivity contribution in [2.24, 2.45) is 0 Å². The zero-order valence-corrected chi connectivity index (χ0v) is 10.9. The van der Waals surface area contributed by atoms with Gasteiger partial charge in [0.25, 0.3) is 0 Å². The summed E-state index contributed by atoms with van der Waals surface area (Å²) in [5.74, 6) is 0. The molecule has 0 aliphatic heterocycles. The van der Waals surface area contributed by atoms with Crippen molar-refractivity contribution in [3.05, 3.63) is 34.9 Å². The van der Waals surface area contributed by atoms with Crippen molar-refractivity contribution in [1.82, 2.24) is 5.32 Å². The van der Waals surface area contributed by atoms with Crippen molar-refractivity contribution in [3.8, 4) is 0 Å². The van der Waals surface area contributed by atoms with Crippen molar-refractivity contribution in [2.75, 3.05) is 13.7 Å². The topological polar surface area (TPSA) is 21.3 Å². The molecule has 0 heterocycles. The summed E-state index contributed by atoms with van der Waals surface area (Å²) >= 11 is 5.96. The maximum atomic E-state index is 5.96. The number of nitrogens with one attached hydrogen (secondary N) is 1. The molecule has 1 aromatic carbocycles. The molecule has 0 spiro atoms. The van der Waals surface area contributed by atoms with Gasteiger partial charge in [0.1, 0.15) is 0 Å². The van der Waals surface area contributed by atoms with Crippen LogP contribution in [0.25, 0.3) is 0 Å². The summed E-state index contributed by atoms with van der Waals surface area (Å²) in [6.07, 6.45) is 1.02. The molecular formula is C13H20ClNO. The molecule has 3 heteroatoms. The first-order valence-electron chi connectivity index (χ1n) is 5.64. The summed E-state index contributed by atoms with van der Waals surface area (Å²) in [7, 11) is 1.73. The van der Waals surface area contributed by atoms with E-state index in [1.54, 1.807) is 7.11 Å². The van der Waals surface area contributed by atoms with Gasteiger partial charge in [0, 0.05) is 30.8 Å². The van der Waals surface area contributed by atoms with Crippen LogP contribution in [0.1, 0.15) is 31.9 Å². The van der Waals surface area contributed by atoms with Gasteiger partial charge in [-0.25, -0.2) is 0 Å². The van der Waals surface area contributed by atoms with Crippen molar-refractivity contribution in [2.45, 2.75) is 32.4 Å². The van der Waals surface area contributed by atoms with Gasteiger partial charge >= 0.3 is 0 Å². The van der Waals surface area contributed by atoms with Crippen molar-refractivity contribution < 1.29 is 4.74 Å². The Balaban J connectivity index is 2.48. The number of ether oxygens (including phenoxy) is 1. The zero-order valence-electron chi connectivity index (χ0n) is 10.2. The molecule has 0 fully saturated rings. The summed E-state index contributed by atoms with van der Waals surface area (Å²) in [5.41, 5.74) is 1.22. The number of halogens is 1. The fraction of sp³-hybridized carbons (Fsp3) is 0.538. The van der Waals surface area contributed by atoms with E-state index in [2.05, 4.69) is 25.2 Å². The lowest BCUT2D eigenvalue weighted by molar-refractivity contribution is 0.183. The van der Waals surface area contributed by atoms with E-state index in [0.717, 1.165) is 18.1 Å². The molecule has 2 nitrogen and oxygen atoms in total. The van der Waals surface area contributed by atoms with Crippen LogP contribution in [0.4, 0.5) is 0 Å². The van der Waals surface area contributed by atoms with Gasteiger partial charge in [0.2, 0.25) is 0 Å². The Morgan fingerprint density at radius 3 is 2.75 bits per heavy atom. The van der Waals surface area contributed by atoms with Crippen LogP contribution in [0.2, 0.25) is 5.02 Å². The fourth-order valence-corrected chi connectivity index (χ4v) is 1.88. The predicted octanol–water partition coefficient (Wildman–Crippen LogP) is 3.42. The van der Waals surface area contributed by atoms with Crippen molar-refractivity contribution in [1.29, 1.82) is 0 Å². The standard InChI is InChI=1S/C13H20ClNO/c1-10(7-8-16-3)15-11(2)12-5-4-6-13(14)9-12/h4-6,9-11,15H,7-8H2,1-3H3/t10?,11-/m1/s1. The van der Waals surface area contributed by atoms with Crippen LogP contribution >= 0.6 is 11.6 Å². The highest BCUT2D eigenvalue weighted by Crippen LogP contribution is 2.18. The first-order valence-corrected chi connectivity index (χ1v) is 6.01. The molecule has 90 valence electrons. The quantitative estimate of drug-likeness (QED) is 0.824. The highest BCUT2D eigenvalue weighted by Gasteiger charge is 2.09. The minimum Gasteiger partial charge on any atom is -0.385 e. The SMILES string of the molecule is COCCC(C)N[C@H](C)c1cccc(Cl)c1. The van der Waals surface area contributed by atoms with Gasteiger partial charge in [0.05, 0.1) is 0 Å². The first-order chi connectivity index (χ1) is 7.63. The van der Waals surface area contributed by atoms with E-state index in [0.29, 0.717) is 12.1 Å². The number of hydrogen-bond donors (Lipinski definition) is 1. The number of hydrogen-bond acceptors (Lipinski definition) is 2. The smallest absolute Gasteiger partial charge is 0.0476 e. The predicted molar refractivity (Wildman–Crippen MR) is 69.0 cm³/mol. The Bertz CT molecular complexity index is 317. The van der Waals surface area contributed by atoms with E-state index in [1.165, 1.54) is 5.56 Å². The lowest BCUT2D eigenvalue weighted by atomic mass is 10.1. The third-order valence-corrected chi connectivity index (χ3v) is 2.87. The largest absolute Gasteiger partial charge is 0.385 e. The summed E-state index contributed by atoms with van der Waals surface area (Å²) in [4.78, 5) is 0. The van der Waals surface area contributed by atoms with Crippen LogP contribution in [0.15, 0.2) is 24.3 Å². The molecule has 1 aromatic rings. The zero-order chi connectivity index (χ0) is 12.0. The first kappa shape index (κ1) is 13.5.